The standard InChI is InChI=1S/C7H11F3N2O2S2/c8-7(9,10)5(6(11)15)4-12-2-1-3-16(12,13)14/h5H,1-4H2,(H2,11,15). The van der Waals surface area contributed by atoms with E-state index in [0.717, 1.165) is 4.31 Å². The Hall–Kier alpha value is -0.410. The Bertz CT molecular complexity index is 380. The summed E-state index contributed by atoms with van der Waals surface area (Å²) in [7, 11) is -3.56. The molecule has 0 aliphatic carbocycles. The van der Waals surface area contributed by atoms with Crippen molar-refractivity contribution >= 4 is 27.2 Å². The predicted molar refractivity (Wildman–Crippen MR) is 56.3 cm³/mol. The molecule has 1 unspecified atom stereocenters. The molecular formula is C7H11F3N2O2S2. The Morgan fingerprint density at radius 2 is 2.06 bits per heavy atom. The van der Waals surface area contributed by atoms with Gasteiger partial charge < -0.3 is 5.73 Å². The van der Waals surface area contributed by atoms with E-state index in [2.05, 4.69) is 12.2 Å². The van der Waals surface area contributed by atoms with Crippen LogP contribution in [0.15, 0.2) is 0 Å². The number of alkyl halides is 3. The van der Waals surface area contributed by atoms with E-state index in [1.54, 1.807) is 0 Å². The zero-order chi connectivity index (χ0) is 12.6. The van der Waals surface area contributed by atoms with Gasteiger partial charge in [0.05, 0.1) is 10.7 Å². The summed E-state index contributed by atoms with van der Waals surface area (Å²) in [6, 6.07) is 0. The number of thiocarbonyl (C=S) groups is 1. The molecule has 16 heavy (non-hydrogen) atoms. The lowest BCUT2D eigenvalue weighted by molar-refractivity contribution is -0.156. The fourth-order valence-electron chi connectivity index (χ4n) is 1.45. The molecular weight excluding hydrogens is 265 g/mol. The van der Waals surface area contributed by atoms with Gasteiger partial charge in [-0.2, -0.15) is 13.2 Å². The molecule has 0 spiro atoms. The maximum absolute atomic E-state index is 12.5. The van der Waals surface area contributed by atoms with Crippen LogP contribution >= 0.6 is 12.2 Å². The Balaban J connectivity index is 2.82. The molecule has 0 aromatic rings. The van der Waals surface area contributed by atoms with Crippen LogP contribution in [0.3, 0.4) is 0 Å². The summed E-state index contributed by atoms with van der Waals surface area (Å²) in [6.45, 7) is -0.612. The van der Waals surface area contributed by atoms with E-state index < -0.39 is 33.7 Å². The van der Waals surface area contributed by atoms with Crippen molar-refractivity contribution in [3.8, 4) is 0 Å². The molecule has 0 aromatic carbocycles. The van der Waals surface area contributed by atoms with Crippen LogP contribution in [0.5, 0.6) is 0 Å². The highest BCUT2D eigenvalue weighted by atomic mass is 32.2. The van der Waals surface area contributed by atoms with Crippen molar-refractivity contribution < 1.29 is 21.6 Å². The highest BCUT2D eigenvalue weighted by Gasteiger charge is 2.45. The van der Waals surface area contributed by atoms with Crippen molar-refractivity contribution in [2.45, 2.75) is 12.6 Å². The van der Waals surface area contributed by atoms with Crippen molar-refractivity contribution in [2.24, 2.45) is 11.7 Å². The van der Waals surface area contributed by atoms with E-state index in [-0.39, 0.29) is 12.3 Å². The second-order valence-electron chi connectivity index (χ2n) is 3.52. The van der Waals surface area contributed by atoms with Crippen molar-refractivity contribution in [1.29, 1.82) is 0 Å². The van der Waals surface area contributed by atoms with E-state index in [9.17, 15) is 21.6 Å². The molecule has 1 aliphatic heterocycles. The van der Waals surface area contributed by atoms with E-state index in [0.29, 0.717) is 6.42 Å². The molecule has 1 rings (SSSR count). The molecule has 4 nitrogen and oxygen atoms in total. The number of nitrogens with two attached hydrogens (primary N) is 1. The first-order valence-corrected chi connectivity index (χ1v) is 6.50. The van der Waals surface area contributed by atoms with Gasteiger partial charge in [-0.25, -0.2) is 12.7 Å². The van der Waals surface area contributed by atoms with Crippen LogP contribution in [0, 0.1) is 5.92 Å². The SMILES string of the molecule is NC(=S)C(CN1CCCS1(=O)=O)C(F)(F)F. The molecule has 0 amide bonds. The van der Waals surface area contributed by atoms with Crippen molar-refractivity contribution in [3.63, 3.8) is 0 Å². The van der Waals surface area contributed by atoms with Crippen LogP contribution in [0.4, 0.5) is 13.2 Å². The molecule has 1 fully saturated rings. The number of rotatable bonds is 3. The normalized spacial score (nSPS) is 23.2. The second-order valence-corrected chi connectivity index (χ2v) is 6.08. The van der Waals surface area contributed by atoms with Crippen LogP contribution in [-0.4, -0.2) is 42.7 Å². The van der Waals surface area contributed by atoms with Gasteiger partial charge in [0.1, 0.15) is 5.92 Å². The molecule has 1 atom stereocenters. The molecule has 0 saturated carbocycles. The predicted octanol–water partition coefficient (Wildman–Crippen LogP) is 0.486. The largest absolute Gasteiger partial charge is 0.399 e. The summed E-state index contributed by atoms with van der Waals surface area (Å²) in [5, 5.41) is 0. The lowest BCUT2D eigenvalue weighted by Crippen LogP contribution is -2.44. The third-order valence-corrected chi connectivity index (χ3v) is 4.54. The third kappa shape index (κ3) is 3.05. The van der Waals surface area contributed by atoms with Crippen molar-refractivity contribution in [1.82, 2.24) is 4.31 Å². The van der Waals surface area contributed by atoms with Crippen LogP contribution < -0.4 is 5.73 Å². The number of hydrogen-bond acceptors (Lipinski definition) is 3. The van der Waals surface area contributed by atoms with Gasteiger partial charge >= 0.3 is 6.18 Å². The second kappa shape index (κ2) is 4.46. The first-order chi connectivity index (χ1) is 7.14. The van der Waals surface area contributed by atoms with Crippen molar-refractivity contribution in [2.75, 3.05) is 18.8 Å². The Kier molecular flexibility index (Phi) is 3.80. The lowest BCUT2D eigenvalue weighted by Gasteiger charge is -2.23. The fourth-order valence-corrected chi connectivity index (χ4v) is 3.20. The first-order valence-electron chi connectivity index (χ1n) is 4.48. The molecule has 0 radical (unpaired) electrons. The van der Waals surface area contributed by atoms with Gasteiger partial charge in [-0.15, -0.1) is 0 Å². The van der Waals surface area contributed by atoms with Crippen LogP contribution in [0.2, 0.25) is 0 Å². The smallest absolute Gasteiger partial charge is 0.393 e. The summed E-state index contributed by atoms with van der Waals surface area (Å²) in [5.74, 6) is -2.19. The summed E-state index contributed by atoms with van der Waals surface area (Å²) in [4.78, 5) is -0.727. The Morgan fingerprint density at radius 1 is 1.50 bits per heavy atom. The molecule has 94 valence electrons. The minimum atomic E-state index is -4.61. The minimum absolute atomic E-state index is 0.0948. The fraction of sp³-hybridized carbons (Fsp3) is 0.857. The van der Waals surface area contributed by atoms with Gasteiger partial charge in [0, 0.05) is 13.1 Å². The summed E-state index contributed by atoms with van der Waals surface area (Å²) < 4.78 is 60.9. The maximum atomic E-state index is 12.5. The monoisotopic (exact) mass is 276 g/mol. The molecule has 2 N–H and O–H groups in total. The van der Waals surface area contributed by atoms with Gasteiger partial charge in [-0.1, -0.05) is 12.2 Å². The molecule has 0 bridgehead atoms. The Morgan fingerprint density at radius 3 is 2.38 bits per heavy atom. The number of sulfonamides is 1. The molecule has 1 heterocycles. The average molecular weight is 276 g/mol. The minimum Gasteiger partial charge on any atom is -0.393 e. The zero-order valence-electron chi connectivity index (χ0n) is 8.20. The van der Waals surface area contributed by atoms with Gasteiger partial charge in [-0.3, -0.25) is 0 Å². The topological polar surface area (TPSA) is 63.4 Å². The number of nitrogens with zero attached hydrogens (tertiary/aromatic N) is 1. The van der Waals surface area contributed by atoms with Gasteiger partial charge in [0.15, 0.2) is 0 Å². The highest BCUT2D eigenvalue weighted by Crippen LogP contribution is 2.29. The molecule has 1 aliphatic rings. The van der Waals surface area contributed by atoms with Gasteiger partial charge in [0.25, 0.3) is 0 Å². The van der Waals surface area contributed by atoms with Gasteiger partial charge in [-0.05, 0) is 6.42 Å². The number of hydrogen-bond donors (Lipinski definition) is 1. The van der Waals surface area contributed by atoms with Crippen LogP contribution in [0.25, 0.3) is 0 Å². The van der Waals surface area contributed by atoms with Crippen LogP contribution in [-0.2, 0) is 10.0 Å². The number of halogens is 3. The van der Waals surface area contributed by atoms with Crippen LogP contribution in [0.1, 0.15) is 6.42 Å². The van der Waals surface area contributed by atoms with Gasteiger partial charge in [0.2, 0.25) is 10.0 Å². The van der Waals surface area contributed by atoms with Crippen molar-refractivity contribution in [3.05, 3.63) is 0 Å². The summed E-state index contributed by atoms with van der Waals surface area (Å²) in [5.41, 5.74) is 4.98. The van der Waals surface area contributed by atoms with E-state index in [4.69, 9.17) is 5.73 Å². The molecule has 9 heteroatoms. The maximum Gasteiger partial charge on any atom is 0.399 e. The quantitative estimate of drug-likeness (QED) is 0.762. The van der Waals surface area contributed by atoms with E-state index in [1.807, 2.05) is 0 Å². The summed E-state index contributed by atoms with van der Waals surface area (Å²) in [6.07, 6.45) is -4.27. The molecule has 1 saturated heterocycles. The third-order valence-electron chi connectivity index (χ3n) is 2.33. The zero-order valence-corrected chi connectivity index (χ0v) is 9.83. The van der Waals surface area contributed by atoms with E-state index in [1.165, 1.54) is 0 Å². The average Bonchev–Trinajstić information content (AvgIpc) is 2.38. The summed E-state index contributed by atoms with van der Waals surface area (Å²) >= 11 is 4.31. The first kappa shape index (κ1) is 13.7. The highest BCUT2D eigenvalue weighted by molar-refractivity contribution is 7.89. The van der Waals surface area contributed by atoms with E-state index >= 15 is 0 Å². The lowest BCUT2D eigenvalue weighted by atomic mass is 10.1. The Labute approximate surface area is 96.6 Å². The molecule has 0 aromatic heterocycles.